The zero-order valence-electron chi connectivity index (χ0n) is 8.80. The Morgan fingerprint density at radius 3 is 2.56 bits per heavy atom. The Bertz CT molecular complexity index is 537. The summed E-state index contributed by atoms with van der Waals surface area (Å²) in [6, 6.07) is 10.2. The summed E-state index contributed by atoms with van der Waals surface area (Å²) in [6.07, 6.45) is 0. The first kappa shape index (κ1) is 11.0. The molecule has 1 nitrogen and oxygen atoms in total. The van der Waals surface area contributed by atoms with Crippen LogP contribution in [0.25, 0.3) is 11.1 Å². The topological polar surface area (TPSA) is 26.0 Å². The van der Waals surface area contributed by atoms with Gasteiger partial charge in [0.1, 0.15) is 5.82 Å². The van der Waals surface area contributed by atoms with E-state index >= 15 is 0 Å². The first-order valence-electron chi connectivity index (χ1n) is 4.90. The molecule has 0 atom stereocenters. The lowest BCUT2D eigenvalue weighted by Crippen LogP contribution is -1.90. The maximum atomic E-state index is 13.4. The summed E-state index contributed by atoms with van der Waals surface area (Å²) in [6.45, 7) is 1.73. The minimum Gasteiger partial charge on any atom is -0.399 e. The van der Waals surface area contributed by atoms with Crippen LogP contribution in [-0.4, -0.2) is 0 Å². The van der Waals surface area contributed by atoms with Gasteiger partial charge in [-0.05, 0) is 36.2 Å². The van der Waals surface area contributed by atoms with Gasteiger partial charge in [-0.3, -0.25) is 0 Å². The van der Waals surface area contributed by atoms with Gasteiger partial charge in [0.25, 0.3) is 0 Å². The molecule has 16 heavy (non-hydrogen) atoms. The highest BCUT2D eigenvalue weighted by Crippen LogP contribution is 2.32. The molecule has 0 unspecified atom stereocenters. The molecule has 82 valence electrons. The van der Waals surface area contributed by atoms with Crippen molar-refractivity contribution in [3.05, 3.63) is 52.8 Å². The summed E-state index contributed by atoms with van der Waals surface area (Å²) in [5.41, 5.74) is 8.40. The van der Waals surface area contributed by atoms with Gasteiger partial charge in [-0.25, -0.2) is 4.39 Å². The predicted octanol–water partition coefficient (Wildman–Crippen LogP) is 4.04. The Kier molecular flexibility index (Phi) is 2.84. The number of nitrogen functional groups attached to an aromatic ring is 1. The summed E-state index contributed by atoms with van der Waals surface area (Å²) >= 11 is 6.09. The third-order valence-corrected chi connectivity index (χ3v) is 2.86. The Hall–Kier alpha value is -1.54. The van der Waals surface area contributed by atoms with Crippen molar-refractivity contribution >= 4 is 17.3 Å². The molecule has 0 saturated heterocycles. The van der Waals surface area contributed by atoms with Gasteiger partial charge in [0.15, 0.2) is 0 Å². The van der Waals surface area contributed by atoms with E-state index in [9.17, 15) is 4.39 Å². The van der Waals surface area contributed by atoms with E-state index in [-0.39, 0.29) is 5.82 Å². The second kappa shape index (κ2) is 4.14. The molecule has 0 aliphatic carbocycles. The summed E-state index contributed by atoms with van der Waals surface area (Å²) in [4.78, 5) is 0. The van der Waals surface area contributed by atoms with Crippen LogP contribution in [0.15, 0.2) is 36.4 Å². The van der Waals surface area contributed by atoms with Gasteiger partial charge in [-0.1, -0.05) is 29.8 Å². The van der Waals surface area contributed by atoms with E-state index in [4.69, 9.17) is 17.3 Å². The minimum atomic E-state index is -0.231. The fraction of sp³-hybridized carbons (Fsp3) is 0.0769. The standard InChI is InChI=1S/C13H11ClFN/c1-8-10(3-2-4-13(8)15)11-6-5-9(16)7-12(11)14/h2-7H,16H2,1H3. The summed E-state index contributed by atoms with van der Waals surface area (Å²) in [7, 11) is 0. The van der Waals surface area contributed by atoms with Crippen LogP contribution in [0.4, 0.5) is 10.1 Å². The SMILES string of the molecule is Cc1c(F)cccc1-c1ccc(N)cc1Cl. The Morgan fingerprint density at radius 1 is 1.12 bits per heavy atom. The molecule has 0 fully saturated rings. The molecular weight excluding hydrogens is 225 g/mol. The zero-order valence-corrected chi connectivity index (χ0v) is 9.55. The Balaban J connectivity index is 2.63. The van der Waals surface area contributed by atoms with Gasteiger partial charge >= 0.3 is 0 Å². The number of nitrogens with two attached hydrogens (primary N) is 1. The van der Waals surface area contributed by atoms with Crippen LogP contribution in [-0.2, 0) is 0 Å². The molecule has 3 heteroatoms. The highest BCUT2D eigenvalue weighted by Gasteiger charge is 2.09. The number of halogens is 2. The average molecular weight is 236 g/mol. The second-order valence-electron chi connectivity index (χ2n) is 3.65. The predicted molar refractivity (Wildman–Crippen MR) is 66.0 cm³/mol. The molecule has 0 radical (unpaired) electrons. The maximum Gasteiger partial charge on any atom is 0.126 e. The van der Waals surface area contributed by atoms with Gasteiger partial charge in [0.05, 0.1) is 5.02 Å². The van der Waals surface area contributed by atoms with Crippen LogP contribution >= 0.6 is 11.6 Å². The molecule has 0 aliphatic heterocycles. The Morgan fingerprint density at radius 2 is 1.88 bits per heavy atom. The van der Waals surface area contributed by atoms with Crippen molar-refractivity contribution in [2.75, 3.05) is 5.73 Å². The normalized spacial score (nSPS) is 10.4. The molecule has 0 amide bonds. The van der Waals surface area contributed by atoms with Gasteiger partial charge < -0.3 is 5.73 Å². The fourth-order valence-corrected chi connectivity index (χ4v) is 1.94. The van der Waals surface area contributed by atoms with E-state index in [2.05, 4.69) is 0 Å². The molecule has 2 aromatic rings. The average Bonchev–Trinajstić information content (AvgIpc) is 2.23. The number of hydrogen-bond acceptors (Lipinski definition) is 1. The molecule has 2 aromatic carbocycles. The lowest BCUT2D eigenvalue weighted by Gasteiger charge is -2.09. The number of rotatable bonds is 1. The smallest absolute Gasteiger partial charge is 0.126 e. The van der Waals surface area contributed by atoms with Gasteiger partial charge in [0.2, 0.25) is 0 Å². The fourth-order valence-electron chi connectivity index (χ4n) is 1.65. The molecule has 0 bridgehead atoms. The van der Waals surface area contributed by atoms with Crippen LogP contribution in [0.1, 0.15) is 5.56 Å². The summed E-state index contributed by atoms with van der Waals surface area (Å²) < 4.78 is 13.4. The third kappa shape index (κ3) is 1.89. The van der Waals surface area contributed by atoms with Crippen LogP contribution < -0.4 is 5.73 Å². The largest absolute Gasteiger partial charge is 0.399 e. The van der Waals surface area contributed by atoms with Crippen LogP contribution in [0.5, 0.6) is 0 Å². The quantitative estimate of drug-likeness (QED) is 0.742. The number of anilines is 1. The van der Waals surface area contributed by atoms with Gasteiger partial charge in [0, 0.05) is 11.3 Å². The minimum absolute atomic E-state index is 0.231. The molecule has 0 aliphatic rings. The van der Waals surface area contributed by atoms with Crippen LogP contribution in [0.2, 0.25) is 5.02 Å². The van der Waals surface area contributed by atoms with Crippen molar-refractivity contribution in [3.63, 3.8) is 0 Å². The second-order valence-corrected chi connectivity index (χ2v) is 4.06. The number of benzene rings is 2. The summed E-state index contributed by atoms with van der Waals surface area (Å²) in [5, 5.41) is 0.536. The molecule has 0 aromatic heterocycles. The van der Waals surface area contributed by atoms with E-state index in [1.54, 1.807) is 31.2 Å². The van der Waals surface area contributed by atoms with Gasteiger partial charge in [-0.2, -0.15) is 0 Å². The van der Waals surface area contributed by atoms with E-state index in [0.29, 0.717) is 16.3 Å². The van der Waals surface area contributed by atoms with Crippen molar-refractivity contribution < 1.29 is 4.39 Å². The lowest BCUT2D eigenvalue weighted by atomic mass is 10.00. The molecule has 0 spiro atoms. The Labute approximate surface area is 98.7 Å². The van der Waals surface area contributed by atoms with Crippen molar-refractivity contribution in [3.8, 4) is 11.1 Å². The maximum absolute atomic E-state index is 13.4. The van der Waals surface area contributed by atoms with Crippen molar-refractivity contribution in [1.82, 2.24) is 0 Å². The van der Waals surface area contributed by atoms with Crippen LogP contribution in [0, 0.1) is 12.7 Å². The highest BCUT2D eigenvalue weighted by atomic mass is 35.5. The molecule has 0 saturated carbocycles. The zero-order chi connectivity index (χ0) is 11.7. The molecule has 2 rings (SSSR count). The van der Waals surface area contributed by atoms with Gasteiger partial charge in [-0.15, -0.1) is 0 Å². The van der Waals surface area contributed by atoms with Crippen molar-refractivity contribution in [2.24, 2.45) is 0 Å². The third-order valence-electron chi connectivity index (χ3n) is 2.55. The van der Waals surface area contributed by atoms with E-state index in [0.717, 1.165) is 11.1 Å². The van der Waals surface area contributed by atoms with Crippen molar-refractivity contribution in [1.29, 1.82) is 0 Å². The first-order valence-corrected chi connectivity index (χ1v) is 5.28. The summed E-state index contributed by atoms with van der Waals surface area (Å²) in [5.74, 6) is -0.231. The monoisotopic (exact) mass is 235 g/mol. The lowest BCUT2D eigenvalue weighted by molar-refractivity contribution is 0.619. The molecular formula is C13H11ClFN. The number of hydrogen-bond donors (Lipinski definition) is 1. The van der Waals surface area contributed by atoms with E-state index < -0.39 is 0 Å². The van der Waals surface area contributed by atoms with Crippen molar-refractivity contribution in [2.45, 2.75) is 6.92 Å². The van der Waals surface area contributed by atoms with E-state index in [1.807, 2.05) is 6.07 Å². The first-order chi connectivity index (χ1) is 7.59. The highest BCUT2D eigenvalue weighted by molar-refractivity contribution is 6.33. The van der Waals surface area contributed by atoms with Crippen LogP contribution in [0.3, 0.4) is 0 Å². The molecule has 2 N–H and O–H groups in total. The molecule has 0 heterocycles. The van der Waals surface area contributed by atoms with E-state index in [1.165, 1.54) is 6.07 Å².